The molecule has 0 aromatic rings. The van der Waals surface area contributed by atoms with Crippen molar-refractivity contribution in [2.24, 2.45) is 0 Å². The van der Waals surface area contributed by atoms with Gasteiger partial charge in [0.15, 0.2) is 0 Å². The molecule has 0 aliphatic carbocycles. The summed E-state index contributed by atoms with van der Waals surface area (Å²) >= 11 is 9.99. The van der Waals surface area contributed by atoms with Crippen LogP contribution in [0.2, 0.25) is 0 Å². The quantitative estimate of drug-likeness (QED) is 0.536. The van der Waals surface area contributed by atoms with E-state index >= 15 is 0 Å². The van der Waals surface area contributed by atoms with Gasteiger partial charge in [-0.15, -0.1) is 12.4 Å². The molecule has 0 N–H and O–H groups in total. The van der Waals surface area contributed by atoms with E-state index in [0.29, 0.717) is 0 Å². The van der Waals surface area contributed by atoms with Gasteiger partial charge < -0.3 is 4.74 Å². The minimum atomic E-state index is 0. The first kappa shape index (κ1) is 15.9. The number of halogens is 3. The second-order valence-electron chi connectivity index (χ2n) is 0.422. The molecule has 46 valence electrons. The predicted molar refractivity (Wildman–Crippen MR) is 38.3 cm³/mol. The molecule has 0 bridgehead atoms. The number of hydrogen-bond donors (Lipinski definition) is 0. The van der Waals surface area contributed by atoms with Gasteiger partial charge in [0.1, 0.15) is 12.1 Å². The molecule has 0 fully saturated rings. The van der Waals surface area contributed by atoms with Crippen LogP contribution in [-0.4, -0.2) is 36.0 Å². The fourth-order valence-electron chi connectivity index (χ4n) is 0.0292. The first-order valence-corrected chi connectivity index (χ1v) is 2.18. The average molecular weight is 272 g/mol. The Labute approximate surface area is 76.1 Å². The summed E-state index contributed by atoms with van der Waals surface area (Å²) in [6.07, 6.45) is 0. The summed E-state index contributed by atoms with van der Waals surface area (Å²) in [6.45, 7) is 0. The number of hydrogen-bond acceptors (Lipinski definition) is 1. The molecule has 0 aromatic carbocycles. The Balaban J connectivity index is -0.0000000800. The van der Waals surface area contributed by atoms with Crippen LogP contribution in [0.4, 0.5) is 0 Å². The van der Waals surface area contributed by atoms with Gasteiger partial charge in [-0.1, -0.05) is 23.2 Å². The number of alkyl halides is 2. The van der Waals surface area contributed by atoms with Crippen molar-refractivity contribution < 1.29 is 4.74 Å². The predicted octanol–water partition coefficient (Wildman–Crippen LogP) is 0.901. The van der Waals surface area contributed by atoms with Crippen LogP contribution in [0, 0.1) is 0 Å². The second kappa shape index (κ2) is 15.6. The summed E-state index contributed by atoms with van der Waals surface area (Å²) in [7, 11) is 0. The third-order valence-electron chi connectivity index (χ3n) is 0.154. The summed E-state index contributed by atoms with van der Waals surface area (Å²) < 4.78 is 4.36. The van der Waals surface area contributed by atoms with Crippen LogP contribution in [0.3, 0.4) is 0 Å². The van der Waals surface area contributed by atoms with Crippen molar-refractivity contribution in [1.29, 1.82) is 0 Å². The van der Waals surface area contributed by atoms with Crippen molar-refractivity contribution in [3.63, 3.8) is 0 Å². The fourth-order valence-corrected chi connectivity index (χ4v) is 0.262. The summed E-state index contributed by atoms with van der Waals surface area (Å²) in [4.78, 5) is 0. The zero-order valence-corrected chi connectivity index (χ0v) is 10.1. The van der Waals surface area contributed by atoms with Gasteiger partial charge in [0, 0.05) is 0 Å². The van der Waals surface area contributed by atoms with E-state index in [-0.39, 0.29) is 48.4 Å². The van der Waals surface area contributed by atoms with Crippen LogP contribution in [0.15, 0.2) is 0 Å². The number of rotatable bonds is 2. The number of ether oxygens (including phenoxy) is 1. The molecule has 0 aliphatic rings. The summed E-state index contributed by atoms with van der Waals surface area (Å²) in [5, 5.41) is 0. The minimum absolute atomic E-state index is 0. The average Bonchev–Trinajstić information content (AvgIpc) is 1.41. The van der Waals surface area contributed by atoms with Crippen molar-refractivity contribution >= 4 is 59.5 Å². The summed E-state index contributed by atoms with van der Waals surface area (Å²) in [6, 6.07) is 0.368. The summed E-state index contributed by atoms with van der Waals surface area (Å²) in [5.41, 5.74) is 0. The van der Waals surface area contributed by atoms with Gasteiger partial charge in [-0.3, -0.25) is 0 Å². The Morgan fingerprint density at radius 3 is 1.43 bits per heavy atom. The fraction of sp³-hybridized carbons (Fsp3) is 1.00. The molecule has 1 nitrogen and oxygen atoms in total. The molecule has 0 aromatic heterocycles. The zero-order chi connectivity index (χ0) is 4.12. The first-order chi connectivity index (χ1) is 2.41. The molecule has 2 radical (unpaired) electrons. The second-order valence-corrected chi connectivity index (χ2v) is 0.859. The Bertz CT molecular complexity index is 20.4. The van der Waals surface area contributed by atoms with Crippen LogP contribution in [0.5, 0.6) is 0 Å². The van der Waals surface area contributed by atoms with E-state index in [4.69, 9.17) is 23.2 Å². The molecule has 5 heteroatoms. The van der Waals surface area contributed by atoms with E-state index in [0.717, 1.165) is 0 Å². The van der Waals surface area contributed by atoms with Crippen LogP contribution >= 0.6 is 35.6 Å². The first-order valence-electron chi connectivity index (χ1n) is 1.11. The van der Waals surface area contributed by atoms with Crippen LogP contribution in [-0.2, 0) is 4.74 Å². The molecule has 0 saturated carbocycles. The van der Waals surface area contributed by atoms with E-state index in [1.807, 2.05) is 0 Å². The molecular weight excluding hydrogens is 265 g/mol. The molecule has 0 heterocycles. The maximum atomic E-state index is 4.99. The Morgan fingerprint density at radius 2 is 1.43 bits per heavy atom. The van der Waals surface area contributed by atoms with E-state index in [1.54, 1.807) is 0 Å². The van der Waals surface area contributed by atoms with Gasteiger partial charge in [0.2, 0.25) is 0 Å². The van der Waals surface area contributed by atoms with Crippen molar-refractivity contribution in [3.8, 4) is 0 Å². The van der Waals surface area contributed by atoms with Gasteiger partial charge in [0.05, 0.1) is 0 Å². The maximum absolute atomic E-state index is 4.99. The van der Waals surface area contributed by atoms with Crippen LogP contribution in [0.25, 0.3) is 0 Å². The molecule has 0 unspecified atom stereocenters. The van der Waals surface area contributed by atoms with Crippen LogP contribution < -0.4 is 0 Å². The molecular formula is C2H7Cl3OSn. The summed E-state index contributed by atoms with van der Waals surface area (Å²) in [5.74, 6) is 0. The van der Waals surface area contributed by atoms with E-state index in [1.165, 1.54) is 0 Å². The standard InChI is InChI=1S/C2H4Cl2O.ClH.Sn.2H/c3-1-5-2-4;;;;/h1-2H2;1H;;;. The third-order valence-corrected chi connectivity index (χ3v) is 0.463. The van der Waals surface area contributed by atoms with E-state index < -0.39 is 0 Å². The molecule has 0 rings (SSSR count). The van der Waals surface area contributed by atoms with Crippen molar-refractivity contribution in [2.45, 2.75) is 0 Å². The van der Waals surface area contributed by atoms with Gasteiger partial charge in [-0.25, -0.2) is 0 Å². The zero-order valence-electron chi connectivity index (χ0n) is 3.69. The molecule has 0 aliphatic heterocycles. The van der Waals surface area contributed by atoms with Gasteiger partial charge in [-0.05, 0) is 0 Å². The molecule has 7 heavy (non-hydrogen) atoms. The van der Waals surface area contributed by atoms with Gasteiger partial charge in [0.25, 0.3) is 0 Å². The normalized spacial score (nSPS) is 6.00. The van der Waals surface area contributed by atoms with Crippen LogP contribution in [0.1, 0.15) is 0 Å². The molecule has 0 spiro atoms. The van der Waals surface area contributed by atoms with Gasteiger partial charge >= 0.3 is 23.9 Å². The topological polar surface area (TPSA) is 9.23 Å². The van der Waals surface area contributed by atoms with E-state index in [9.17, 15) is 0 Å². The SMILES string of the molecule is Cl.ClCOCCl.[SnH2]. The Morgan fingerprint density at radius 1 is 1.14 bits per heavy atom. The Kier molecular flexibility index (Phi) is 35.4. The monoisotopic (exact) mass is 272 g/mol. The van der Waals surface area contributed by atoms with Crippen molar-refractivity contribution in [1.82, 2.24) is 0 Å². The Hall–Kier alpha value is 1.63. The van der Waals surface area contributed by atoms with Gasteiger partial charge in [-0.2, -0.15) is 0 Å². The van der Waals surface area contributed by atoms with Crippen molar-refractivity contribution in [3.05, 3.63) is 0 Å². The van der Waals surface area contributed by atoms with Crippen molar-refractivity contribution in [2.75, 3.05) is 12.1 Å². The molecule has 0 saturated heterocycles. The molecule has 0 atom stereocenters. The molecule has 0 amide bonds. The van der Waals surface area contributed by atoms with E-state index in [2.05, 4.69) is 4.74 Å². The third kappa shape index (κ3) is 18.4.